The lowest BCUT2D eigenvalue weighted by Crippen LogP contribution is -2.34. The fourth-order valence-electron chi connectivity index (χ4n) is 4.03. The SMILES string of the molecule is C=C1C[C@@H]2C[C@H]3CCC[C@@]3(C1)C2=O. The maximum absolute atomic E-state index is 12.1. The van der Waals surface area contributed by atoms with Gasteiger partial charge in [0.1, 0.15) is 5.78 Å². The molecule has 0 aromatic rings. The third-order valence-corrected chi connectivity index (χ3v) is 4.49. The van der Waals surface area contributed by atoms with E-state index in [0.717, 1.165) is 25.2 Å². The van der Waals surface area contributed by atoms with Gasteiger partial charge in [0, 0.05) is 11.3 Å². The Balaban J connectivity index is 2.06. The summed E-state index contributed by atoms with van der Waals surface area (Å²) in [5, 5.41) is 0. The summed E-state index contributed by atoms with van der Waals surface area (Å²) in [7, 11) is 0. The number of Topliss-reactive ketones (excluding diaryl/α,β-unsaturated/α-hetero) is 1. The first-order chi connectivity index (χ1) is 6.22. The molecule has 0 N–H and O–H groups in total. The minimum atomic E-state index is 0.0972. The monoisotopic (exact) mass is 176 g/mol. The summed E-state index contributed by atoms with van der Waals surface area (Å²) in [5.74, 6) is 1.69. The molecule has 0 unspecified atom stereocenters. The second-order valence-electron chi connectivity index (χ2n) is 5.17. The van der Waals surface area contributed by atoms with Crippen LogP contribution in [0.3, 0.4) is 0 Å². The lowest BCUT2D eigenvalue weighted by atomic mass is 9.70. The lowest BCUT2D eigenvalue weighted by molar-refractivity contribution is -0.130. The second-order valence-corrected chi connectivity index (χ2v) is 5.17. The van der Waals surface area contributed by atoms with E-state index in [1.54, 1.807) is 0 Å². The smallest absolute Gasteiger partial charge is 0.143 e. The van der Waals surface area contributed by atoms with E-state index in [9.17, 15) is 4.79 Å². The van der Waals surface area contributed by atoms with Crippen molar-refractivity contribution in [1.29, 1.82) is 0 Å². The van der Waals surface area contributed by atoms with Crippen molar-refractivity contribution in [1.82, 2.24) is 0 Å². The molecule has 0 aliphatic heterocycles. The molecule has 3 saturated carbocycles. The summed E-state index contributed by atoms with van der Waals surface area (Å²) in [6.45, 7) is 4.09. The topological polar surface area (TPSA) is 17.1 Å². The maximum atomic E-state index is 12.1. The number of fused-ring (bicyclic) bond motifs is 1. The van der Waals surface area contributed by atoms with E-state index < -0.39 is 0 Å². The summed E-state index contributed by atoms with van der Waals surface area (Å²) >= 11 is 0. The molecule has 3 aliphatic rings. The molecule has 0 radical (unpaired) electrons. The summed E-state index contributed by atoms with van der Waals surface area (Å²) in [6.07, 6.45) is 6.93. The number of hydrogen-bond acceptors (Lipinski definition) is 1. The molecule has 1 nitrogen and oxygen atoms in total. The van der Waals surface area contributed by atoms with Crippen LogP contribution in [0.2, 0.25) is 0 Å². The third kappa shape index (κ3) is 0.806. The predicted molar refractivity (Wildman–Crippen MR) is 51.3 cm³/mol. The average molecular weight is 176 g/mol. The minimum absolute atomic E-state index is 0.0972. The van der Waals surface area contributed by atoms with E-state index in [-0.39, 0.29) is 5.41 Å². The summed E-state index contributed by atoms with van der Waals surface area (Å²) in [6, 6.07) is 0. The first-order valence-electron chi connectivity index (χ1n) is 5.43. The van der Waals surface area contributed by atoms with Gasteiger partial charge in [-0.25, -0.2) is 0 Å². The van der Waals surface area contributed by atoms with Crippen molar-refractivity contribution in [2.24, 2.45) is 17.3 Å². The van der Waals surface area contributed by atoms with Crippen LogP contribution in [0.5, 0.6) is 0 Å². The number of allylic oxidation sites excluding steroid dienone is 1. The Labute approximate surface area is 79.2 Å². The Morgan fingerprint density at radius 1 is 1.46 bits per heavy atom. The lowest BCUT2D eigenvalue weighted by Gasteiger charge is -2.32. The van der Waals surface area contributed by atoms with E-state index in [2.05, 4.69) is 6.58 Å². The van der Waals surface area contributed by atoms with Gasteiger partial charge < -0.3 is 0 Å². The number of carbonyl (C=O) groups excluding carboxylic acids is 1. The third-order valence-electron chi connectivity index (χ3n) is 4.49. The van der Waals surface area contributed by atoms with Crippen LogP contribution in [-0.2, 0) is 4.79 Å². The molecule has 2 bridgehead atoms. The first kappa shape index (κ1) is 7.78. The Morgan fingerprint density at radius 3 is 3.15 bits per heavy atom. The molecule has 0 aromatic carbocycles. The molecule has 3 aliphatic carbocycles. The highest BCUT2D eigenvalue weighted by Gasteiger charge is 2.58. The van der Waals surface area contributed by atoms with Gasteiger partial charge in [-0.3, -0.25) is 4.79 Å². The van der Waals surface area contributed by atoms with Crippen molar-refractivity contribution in [2.45, 2.75) is 38.5 Å². The molecular weight excluding hydrogens is 160 g/mol. The van der Waals surface area contributed by atoms with Crippen LogP contribution < -0.4 is 0 Å². The molecule has 13 heavy (non-hydrogen) atoms. The van der Waals surface area contributed by atoms with Crippen molar-refractivity contribution >= 4 is 5.78 Å². The fourth-order valence-corrected chi connectivity index (χ4v) is 4.03. The normalized spacial score (nSPS) is 48.3. The molecule has 70 valence electrons. The van der Waals surface area contributed by atoms with Crippen LogP contribution in [0.25, 0.3) is 0 Å². The number of hydrogen-bond donors (Lipinski definition) is 0. The fraction of sp³-hybridized carbons (Fsp3) is 0.750. The van der Waals surface area contributed by atoms with Crippen LogP contribution in [0, 0.1) is 17.3 Å². The highest BCUT2D eigenvalue weighted by Crippen LogP contribution is 2.61. The zero-order chi connectivity index (χ0) is 9.05. The number of rotatable bonds is 0. The van der Waals surface area contributed by atoms with Crippen LogP contribution in [0.1, 0.15) is 38.5 Å². The van der Waals surface area contributed by atoms with E-state index in [1.165, 1.54) is 24.8 Å². The van der Waals surface area contributed by atoms with Gasteiger partial charge in [-0.1, -0.05) is 18.6 Å². The Kier molecular flexibility index (Phi) is 1.35. The van der Waals surface area contributed by atoms with E-state index in [0.29, 0.717) is 11.7 Å². The molecule has 0 heterocycles. The van der Waals surface area contributed by atoms with Gasteiger partial charge in [-0.15, -0.1) is 0 Å². The van der Waals surface area contributed by atoms with Gasteiger partial charge in [-0.2, -0.15) is 0 Å². The number of carbonyl (C=O) groups is 1. The van der Waals surface area contributed by atoms with Crippen LogP contribution in [0.15, 0.2) is 12.2 Å². The maximum Gasteiger partial charge on any atom is 0.143 e. The van der Waals surface area contributed by atoms with E-state index in [1.807, 2.05) is 0 Å². The van der Waals surface area contributed by atoms with Gasteiger partial charge in [0.25, 0.3) is 0 Å². The van der Waals surface area contributed by atoms with E-state index >= 15 is 0 Å². The van der Waals surface area contributed by atoms with Crippen molar-refractivity contribution in [3.63, 3.8) is 0 Å². The minimum Gasteiger partial charge on any atom is -0.299 e. The van der Waals surface area contributed by atoms with Crippen molar-refractivity contribution in [3.8, 4) is 0 Å². The highest BCUT2D eigenvalue weighted by atomic mass is 16.1. The molecule has 3 rings (SSSR count). The van der Waals surface area contributed by atoms with Gasteiger partial charge in [0.15, 0.2) is 0 Å². The van der Waals surface area contributed by atoms with E-state index in [4.69, 9.17) is 0 Å². The largest absolute Gasteiger partial charge is 0.299 e. The standard InChI is InChI=1S/C12H16O/c1-8-5-9-6-10-3-2-4-12(10,7-8)11(9)13/h9-10H,1-7H2/t9-,10-,12+/m1/s1. The Hall–Kier alpha value is -0.590. The van der Waals surface area contributed by atoms with Gasteiger partial charge in [0.2, 0.25) is 0 Å². The molecule has 1 spiro atoms. The molecule has 3 atom stereocenters. The Morgan fingerprint density at radius 2 is 2.31 bits per heavy atom. The van der Waals surface area contributed by atoms with Crippen molar-refractivity contribution < 1.29 is 4.79 Å². The second kappa shape index (κ2) is 2.26. The van der Waals surface area contributed by atoms with Gasteiger partial charge in [-0.05, 0) is 38.0 Å². The van der Waals surface area contributed by atoms with Crippen molar-refractivity contribution in [3.05, 3.63) is 12.2 Å². The first-order valence-corrected chi connectivity index (χ1v) is 5.43. The predicted octanol–water partition coefficient (Wildman–Crippen LogP) is 2.71. The van der Waals surface area contributed by atoms with Crippen LogP contribution >= 0.6 is 0 Å². The summed E-state index contributed by atoms with van der Waals surface area (Å²) in [5.41, 5.74) is 1.44. The summed E-state index contributed by atoms with van der Waals surface area (Å²) < 4.78 is 0. The van der Waals surface area contributed by atoms with Crippen LogP contribution in [-0.4, -0.2) is 5.78 Å². The molecule has 3 fully saturated rings. The summed E-state index contributed by atoms with van der Waals surface area (Å²) in [4.78, 5) is 12.1. The number of ketones is 1. The molecule has 0 saturated heterocycles. The van der Waals surface area contributed by atoms with Gasteiger partial charge >= 0.3 is 0 Å². The highest BCUT2D eigenvalue weighted by molar-refractivity contribution is 5.91. The zero-order valence-electron chi connectivity index (χ0n) is 8.01. The molecule has 0 amide bonds. The molecule has 1 heteroatoms. The van der Waals surface area contributed by atoms with Crippen molar-refractivity contribution in [2.75, 3.05) is 0 Å². The average Bonchev–Trinajstić information content (AvgIpc) is 2.49. The quantitative estimate of drug-likeness (QED) is 0.519. The Bertz CT molecular complexity index is 291. The molecular formula is C12H16O. The van der Waals surface area contributed by atoms with Crippen LogP contribution in [0.4, 0.5) is 0 Å². The van der Waals surface area contributed by atoms with Gasteiger partial charge in [0.05, 0.1) is 0 Å². The zero-order valence-corrected chi connectivity index (χ0v) is 8.01. The molecule has 0 aromatic heterocycles.